The number of carbonyl (C=O) groups is 1. The monoisotopic (exact) mass is 259 g/mol. The zero-order valence-corrected chi connectivity index (χ0v) is 11.2. The van der Waals surface area contributed by atoms with Crippen LogP contribution in [0.1, 0.15) is 25.7 Å². The van der Waals surface area contributed by atoms with Gasteiger partial charge in [0.2, 0.25) is 5.91 Å². The number of amides is 1. The van der Waals surface area contributed by atoms with Gasteiger partial charge in [-0.05, 0) is 31.4 Å². The highest BCUT2D eigenvalue weighted by molar-refractivity contribution is 5.78. The molecule has 0 bridgehead atoms. The van der Waals surface area contributed by atoms with Crippen molar-refractivity contribution in [2.24, 2.45) is 0 Å². The van der Waals surface area contributed by atoms with E-state index in [-0.39, 0.29) is 5.91 Å². The molecule has 1 fully saturated rings. The fourth-order valence-corrected chi connectivity index (χ4v) is 3.07. The van der Waals surface area contributed by atoms with Crippen LogP contribution in [0.4, 0.5) is 11.4 Å². The molecule has 2 heterocycles. The highest BCUT2D eigenvalue weighted by Crippen LogP contribution is 2.31. The molecule has 1 unspecified atom stereocenters. The summed E-state index contributed by atoms with van der Waals surface area (Å²) in [6.07, 6.45) is 3.90. The topological polar surface area (TPSA) is 44.4 Å². The Kier molecular flexibility index (Phi) is 3.58. The molecule has 0 aliphatic carbocycles. The van der Waals surface area contributed by atoms with Gasteiger partial charge in [-0.3, -0.25) is 4.79 Å². The molecule has 1 aromatic rings. The molecule has 2 aliphatic heterocycles. The highest BCUT2D eigenvalue weighted by Gasteiger charge is 2.26. The van der Waals surface area contributed by atoms with Gasteiger partial charge in [-0.25, -0.2) is 0 Å². The van der Waals surface area contributed by atoms with Gasteiger partial charge in [0.1, 0.15) is 0 Å². The largest absolute Gasteiger partial charge is 0.383 e. The highest BCUT2D eigenvalue weighted by atomic mass is 16.1. The number of anilines is 2. The van der Waals surface area contributed by atoms with Crippen molar-refractivity contribution in [1.29, 1.82) is 0 Å². The third kappa shape index (κ3) is 2.67. The zero-order chi connectivity index (χ0) is 13.1. The number of hydrogen-bond donors (Lipinski definition) is 2. The van der Waals surface area contributed by atoms with Crippen molar-refractivity contribution < 1.29 is 4.79 Å². The molecule has 1 amide bonds. The summed E-state index contributed by atoms with van der Waals surface area (Å²) in [7, 11) is 0. The molecule has 4 nitrogen and oxygen atoms in total. The van der Waals surface area contributed by atoms with Crippen LogP contribution in [0.25, 0.3) is 0 Å². The second kappa shape index (κ2) is 5.51. The number of para-hydroxylation sites is 2. The molecule has 1 atom stereocenters. The van der Waals surface area contributed by atoms with Crippen LogP contribution in [0.2, 0.25) is 0 Å². The first kappa shape index (κ1) is 12.3. The van der Waals surface area contributed by atoms with Gasteiger partial charge in [-0.1, -0.05) is 12.1 Å². The van der Waals surface area contributed by atoms with Crippen LogP contribution < -0.4 is 15.5 Å². The average Bonchev–Trinajstić information content (AvgIpc) is 2.76. The molecular weight excluding hydrogens is 238 g/mol. The molecule has 2 N–H and O–H groups in total. The molecular formula is C15H21N3O. The molecule has 0 saturated carbocycles. The van der Waals surface area contributed by atoms with Gasteiger partial charge in [-0.15, -0.1) is 0 Å². The van der Waals surface area contributed by atoms with E-state index in [0.29, 0.717) is 12.5 Å². The molecule has 1 aromatic carbocycles. The van der Waals surface area contributed by atoms with E-state index < -0.39 is 0 Å². The predicted octanol–water partition coefficient (Wildman–Crippen LogP) is 1.98. The Labute approximate surface area is 114 Å². The first-order valence-corrected chi connectivity index (χ1v) is 7.21. The lowest BCUT2D eigenvalue weighted by atomic mass is 10.1. The third-order valence-electron chi connectivity index (χ3n) is 4.00. The van der Waals surface area contributed by atoms with Crippen LogP contribution in [-0.4, -0.2) is 31.6 Å². The maximum absolute atomic E-state index is 11.8. The van der Waals surface area contributed by atoms with Crippen molar-refractivity contribution in [2.75, 3.05) is 29.9 Å². The molecule has 0 aromatic heterocycles. The molecule has 1 saturated heterocycles. The van der Waals surface area contributed by atoms with E-state index >= 15 is 0 Å². The number of nitrogens with one attached hydrogen (secondary N) is 2. The van der Waals surface area contributed by atoms with E-state index in [2.05, 4.69) is 39.8 Å². The number of nitrogens with zero attached hydrogens (tertiary/aromatic N) is 1. The molecule has 4 heteroatoms. The molecule has 3 rings (SSSR count). The fourth-order valence-electron chi connectivity index (χ4n) is 3.07. The molecule has 102 valence electrons. The lowest BCUT2D eigenvalue weighted by Crippen LogP contribution is -2.38. The minimum Gasteiger partial charge on any atom is -0.383 e. The number of rotatable bonds is 1. The van der Waals surface area contributed by atoms with E-state index in [9.17, 15) is 4.79 Å². The number of benzene rings is 1. The summed E-state index contributed by atoms with van der Waals surface area (Å²) in [5.74, 6) is 0.192. The maximum Gasteiger partial charge on any atom is 0.222 e. The van der Waals surface area contributed by atoms with Crippen molar-refractivity contribution in [3.63, 3.8) is 0 Å². The predicted molar refractivity (Wildman–Crippen MR) is 77.5 cm³/mol. The number of hydrogen-bond acceptors (Lipinski definition) is 3. The van der Waals surface area contributed by atoms with E-state index in [1.54, 1.807) is 0 Å². The quantitative estimate of drug-likeness (QED) is 0.810. The normalized spacial score (nSPS) is 23.7. The molecule has 0 radical (unpaired) electrons. The standard InChI is InChI=1S/C15H21N3O/c19-15-11-12(5-3-8-17-15)18-10-4-9-16-13-6-1-2-7-14(13)18/h1-2,6-7,12,16H,3-5,8-11H2,(H,17,19). The Morgan fingerprint density at radius 2 is 1.95 bits per heavy atom. The van der Waals surface area contributed by atoms with Crippen LogP contribution in [0.5, 0.6) is 0 Å². The van der Waals surface area contributed by atoms with Crippen LogP contribution in [0.15, 0.2) is 24.3 Å². The second-order valence-electron chi connectivity index (χ2n) is 5.34. The average molecular weight is 259 g/mol. The van der Waals surface area contributed by atoms with E-state index in [1.165, 1.54) is 11.4 Å². The Balaban J connectivity index is 1.88. The maximum atomic E-state index is 11.8. The molecule has 19 heavy (non-hydrogen) atoms. The molecule has 0 spiro atoms. The summed E-state index contributed by atoms with van der Waals surface area (Å²) in [5.41, 5.74) is 2.45. The fraction of sp³-hybridized carbons (Fsp3) is 0.533. The Morgan fingerprint density at radius 1 is 1.11 bits per heavy atom. The summed E-state index contributed by atoms with van der Waals surface area (Å²) in [4.78, 5) is 14.2. The number of carbonyl (C=O) groups excluding carboxylic acids is 1. The van der Waals surface area contributed by atoms with Gasteiger partial charge in [-0.2, -0.15) is 0 Å². The van der Waals surface area contributed by atoms with Gasteiger partial charge in [0.05, 0.1) is 11.4 Å². The van der Waals surface area contributed by atoms with Crippen LogP contribution in [0.3, 0.4) is 0 Å². The van der Waals surface area contributed by atoms with Gasteiger partial charge in [0, 0.05) is 32.1 Å². The van der Waals surface area contributed by atoms with Crippen LogP contribution >= 0.6 is 0 Å². The van der Waals surface area contributed by atoms with Crippen molar-refractivity contribution in [3.05, 3.63) is 24.3 Å². The summed E-state index contributed by atoms with van der Waals surface area (Å²) in [5, 5.41) is 6.45. The first-order chi connectivity index (χ1) is 9.34. The van der Waals surface area contributed by atoms with Crippen molar-refractivity contribution in [2.45, 2.75) is 31.7 Å². The summed E-state index contributed by atoms with van der Waals surface area (Å²) < 4.78 is 0. The minimum absolute atomic E-state index is 0.192. The summed E-state index contributed by atoms with van der Waals surface area (Å²) in [6.45, 7) is 2.86. The Hall–Kier alpha value is -1.71. The Morgan fingerprint density at radius 3 is 2.89 bits per heavy atom. The van der Waals surface area contributed by atoms with E-state index in [1.807, 2.05) is 0 Å². The zero-order valence-electron chi connectivity index (χ0n) is 11.2. The smallest absolute Gasteiger partial charge is 0.222 e. The minimum atomic E-state index is 0.192. The summed E-state index contributed by atoms with van der Waals surface area (Å²) >= 11 is 0. The summed E-state index contributed by atoms with van der Waals surface area (Å²) in [6, 6.07) is 8.77. The third-order valence-corrected chi connectivity index (χ3v) is 4.00. The van der Waals surface area contributed by atoms with Gasteiger partial charge >= 0.3 is 0 Å². The lowest BCUT2D eigenvalue weighted by molar-refractivity contribution is -0.121. The van der Waals surface area contributed by atoms with Crippen molar-refractivity contribution in [1.82, 2.24) is 5.32 Å². The van der Waals surface area contributed by atoms with Gasteiger partial charge in [0.15, 0.2) is 0 Å². The Bertz CT molecular complexity index is 460. The lowest BCUT2D eigenvalue weighted by Gasteiger charge is -2.32. The van der Waals surface area contributed by atoms with Gasteiger partial charge < -0.3 is 15.5 Å². The van der Waals surface area contributed by atoms with Crippen LogP contribution in [0, 0.1) is 0 Å². The van der Waals surface area contributed by atoms with Crippen molar-refractivity contribution >= 4 is 17.3 Å². The first-order valence-electron chi connectivity index (χ1n) is 7.21. The van der Waals surface area contributed by atoms with Crippen molar-refractivity contribution in [3.8, 4) is 0 Å². The van der Waals surface area contributed by atoms with Gasteiger partial charge in [0.25, 0.3) is 0 Å². The molecule has 2 aliphatic rings. The number of fused-ring (bicyclic) bond motifs is 1. The van der Waals surface area contributed by atoms with E-state index in [0.717, 1.165) is 38.9 Å². The SMILES string of the molecule is O=C1CC(N2CCCNc3ccccc32)CCCN1. The van der Waals surface area contributed by atoms with Crippen LogP contribution in [-0.2, 0) is 4.79 Å². The van der Waals surface area contributed by atoms with E-state index in [4.69, 9.17) is 0 Å². The second-order valence-corrected chi connectivity index (χ2v) is 5.34.